The molecular formula is C10H8ClNS. The molecule has 0 aromatic carbocycles. The molecule has 13 heavy (non-hydrogen) atoms. The molecule has 2 aromatic rings. The van der Waals surface area contributed by atoms with E-state index in [-0.39, 0.29) is 0 Å². The predicted octanol–water partition coefficient (Wildman–Crippen LogP) is 3.77. The predicted molar refractivity (Wildman–Crippen MR) is 57.3 cm³/mol. The Hall–Kier alpha value is -0.860. The molecule has 0 fully saturated rings. The summed E-state index contributed by atoms with van der Waals surface area (Å²) in [5.74, 6) is 0. The maximum absolute atomic E-state index is 5.81. The molecule has 0 atom stereocenters. The number of thiophene rings is 1. The third-order valence-electron chi connectivity index (χ3n) is 1.85. The van der Waals surface area contributed by atoms with Crippen LogP contribution in [-0.2, 0) is 0 Å². The van der Waals surface area contributed by atoms with Crippen molar-refractivity contribution in [1.29, 1.82) is 0 Å². The number of halogens is 1. The molecule has 2 rings (SSSR count). The maximum Gasteiger partial charge on any atom is 0.129 e. The Bertz CT molecular complexity index is 422. The highest BCUT2D eigenvalue weighted by Gasteiger charge is 2.03. The summed E-state index contributed by atoms with van der Waals surface area (Å²) in [6, 6.07) is 7.74. The zero-order valence-electron chi connectivity index (χ0n) is 7.12. The Morgan fingerprint density at radius 3 is 2.77 bits per heavy atom. The Morgan fingerprint density at radius 2 is 2.15 bits per heavy atom. The topological polar surface area (TPSA) is 12.9 Å². The van der Waals surface area contributed by atoms with Crippen LogP contribution in [0.5, 0.6) is 0 Å². The highest BCUT2D eigenvalue weighted by Crippen LogP contribution is 2.26. The van der Waals surface area contributed by atoms with Gasteiger partial charge in [-0.05, 0) is 30.5 Å². The van der Waals surface area contributed by atoms with Crippen molar-refractivity contribution in [3.63, 3.8) is 0 Å². The zero-order valence-corrected chi connectivity index (χ0v) is 8.69. The van der Waals surface area contributed by atoms with E-state index in [0.717, 1.165) is 5.69 Å². The van der Waals surface area contributed by atoms with Crippen LogP contribution < -0.4 is 0 Å². The first-order valence-corrected chi connectivity index (χ1v) is 5.20. The Kier molecular flexibility index (Phi) is 2.34. The third-order valence-corrected chi connectivity index (χ3v) is 2.91. The molecule has 0 spiro atoms. The van der Waals surface area contributed by atoms with Crippen LogP contribution in [0.2, 0.25) is 5.15 Å². The molecule has 0 amide bonds. The highest BCUT2D eigenvalue weighted by atomic mass is 35.5. The van der Waals surface area contributed by atoms with Gasteiger partial charge in [0.1, 0.15) is 5.15 Å². The molecular weight excluding hydrogens is 202 g/mol. The summed E-state index contributed by atoms with van der Waals surface area (Å²) in [5.41, 5.74) is 2.12. The van der Waals surface area contributed by atoms with Crippen LogP contribution in [0.25, 0.3) is 11.3 Å². The van der Waals surface area contributed by atoms with Crippen LogP contribution in [0, 0.1) is 6.92 Å². The molecule has 0 bridgehead atoms. The van der Waals surface area contributed by atoms with Crippen LogP contribution in [0.4, 0.5) is 0 Å². The molecule has 1 nitrogen and oxygen atoms in total. The van der Waals surface area contributed by atoms with E-state index in [1.54, 1.807) is 17.4 Å². The minimum atomic E-state index is 0.545. The summed E-state index contributed by atoms with van der Waals surface area (Å²) in [6.45, 7) is 2.09. The molecule has 3 heteroatoms. The first kappa shape index (κ1) is 8.73. The van der Waals surface area contributed by atoms with Gasteiger partial charge in [0.15, 0.2) is 0 Å². The number of aryl methyl sites for hydroxylation is 1. The van der Waals surface area contributed by atoms with E-state index in [4.69, 9.17) is 11.6 Å². The van der Waals surface area contributed by atoms with Crippen LogP contribution in [0.3, 0.4) is 0 Å². The molecule has 0 unspecified atom stereocenters. The number of nitrogens with zero attached hydrogens (tertiary/aromatic N) is 1. The van der Waals surface area contributed by atoms with Crippen molar-refractivity contribution in [3.05, 3.63) is 39.7 Å². The van der Waals surface area contributed by atoms with Gasteiger partial charge >= 0.3 is 0 Å². The van der Waals surface area contributed by atoms with E-state index >= 15 is 0 Å². The summed E-state index contributed by atoms with van der Waals surface area (Å²) in [4.78, 5) is 5.52. The van der Waals surface area contributed by atoms with Gasteiger partial charge < -0.3 is 0 Å². The quantitative estimate of drug-likeness (QED) is 0.652. The molecule has 66 valence electrons. The lowest BCUT2D eigenvalue weighted by atomic mass is 10.2. The fourth-order valence-corrected chi connectivity index (χ4v) is 2.08. The van der Waals surface area contributed by atoms with Gasteiger partial charge in [-0.15, -0.1) is 11.3 Å². The average Bonchev–Trinajstić information content (AvgIpc) is 2.51. The molecule has 0 radical (unpaired) electrons. The van der Waals surface area contributed by atoms with Crippen LogP contribution in [0.1, 0.15) is 4.88 Å². The highest BCUT2D eigenvalue weighted by molar-refractivity contribution is 7.10. The lowest BCUT2D eigenvalue weighted by Gasteiger charge is -1.98. The second-order valence-corrected chi connectivity index (χ2v) is 4.24. The monoisotopic (exact) mass is 209 g/mol. The van der Waals surface area contributed by atoms with Crippen molar-refractivity contribution < 1.29 is 0 Å². The van der Waals surface area contributed by atoms with Gasteiger partial charge in [-0.1, -0.05) is 17.7 Å². The summed E-state index contributed by atoms with van der Waals surface area (Å²) in [6.07, 6.45) is 0. The van der Waals surface area contributed by atoms with Gasteiger partial charge in [0, 0.05) is 10.4 Å². The summed E-state index contributed by atoms with van der Waals surface area (Å²) in [7, 11) is 0. The van der Waals surface area contributed by atoms with Gasteiger partial charge in [-0.2, -0.15) is 0 Å². The number of aromatic nitrogens is 1. The summed E-state index contributed by atoms with van der Waals surface area (Å²) in [5, 5.41) is 2.61. The van der Waals surface area contributed by atoms with E-state index in [0.29, 0.717) is 5.15 Å². The number of hydrogen-bond donors (Lipinski definition) is 0. The van der Waals surface area contributed by atoms with Crippen molar-refractivity contribution in [2.24, 2.45) is 0 Å². The van der Waals surface area contributed by atoms with Crippen LogP contribution in [0.15, 0.2) is 29.6 Å². The van der Waals surface area contributed by atoms with Gasteiger partial charge in [-0.3, -0.25) is 0 Å². The fourth-order valence-electron chi connectivity index (χ4n) is 1.21. The van der Waals surface area contributed by atoms with E-state index in [9.17, 15) is 0 Å². The maximum atomic E-state index is 5.81. The standard InChI is InChI=1S/C10H8ClNS/c1-7-8(5-6-13-7)9-3-2-4-10(11)12-9/h2-6H,1H3. The summed E-state index contributed by atoms with van der Waals surface area (Å²) >= 11 is 7.53. The molecule has 0 saturated heterocycles. The van der Waals surface area contributed by atoms with Gasteiger partial charge in [0.25, 0.3) is 0 Å². The minimum absolute atomic E-state index is 0.545. The minimum Gasteiger partial charge on any atom is -0.236 e. The van der Waals surface area contributed by atoms with E-state index in [2.05, 4.69) is 23.4 Å². The van der Waals surface area contributed by atoms with Crippen LogP contribution >= 0.6 is 22.9 Å². The largest absolute Gasteiger partial charge is 0.236 e. The van der Waals surface area contributed by atoms with Gasteiger partial charge in [0.2, 0.25) is 0 Å². The lowest BCUT2D eigenvalue weighted by Crippen LogP contribution is -1.82. The first-order valence-electron chi connectivity index (χ1n) is 3.94. The zero-order chi connectivity index (χ0) is 9.26. The van der Waals surface area contributed by atoms with Crippen molar-refractivity contribution in [2.45, 2.75) is 6.92 Å². The molecule has 2 heterocycles. The lowest BCUT2D eigenvalue weighted by molar-refractivity contribution is 1.32. The van der Waals surface area contributed by atoms with E-state index < -0.39 is 0 Å². The normalized spacial score (nSPS) is 10.3. The van der Waals surface area contributed by atoms with Gasteiger partial charge in [0.05, 0.1) is 5.69 Å². The number of hydrogen-bond acceptors (Lipinski definition) is 2. The molecule has 0 aliphatic heterocycles. The average molecular weight is 210 g/mol. The second kappa shape index (κ2) is 3.48. The smallest absolute Gasteiger partial charge is 0.129 e. The third kappa shape index (κ3) is 1.74. The van der Waals surface area contributed by atoms with E-state index in [1.165, 1.54) is 10.4 Å². The number of rotatable bonds is 1. The SMILES string of the molecule is Cc1sccc1-c1cccc(Cl)n1. The molecule has 0 saturated carbocycles. The first-order chi connectivity index (χ1) is 6.27. The summed E-state index contributed by atoms with van der Waals surface area (Å²) < 4.78 is 0. The number of pyridine rings is 1. The van der Waals surface area contributed by atoms with Crippen molar-refractivity contribution in [1.82, 2.24) is 4.98 Å². The molecule has 0 aliphatic rings. The molecule has 2 aromatic heterocycles. The van der Waals surface area contributed by atoms with Crippen molar-refractivity contribution in [3.8, 4) is 11.3 Å². The fraction of sp³-hybridized carbons (Fsp3) is 0.100. The van der Waals surface area contributed by atoms with Crippen molar-refractivity contribution in [2.75, 3.05) is 0 Å². The Morgan fingerprint density at radius 1 is 1.31 bits per heavy atom. The van der Waals surface area contributed by atoms with Gasteiger partial charge in [-0.25, -0.2) is 4.98 Å². The van der Waals surface area contributed by atoms with Crippen molar-refractivity contribution >= 4 is 22.9 Å². The van der Waals surface area contributed by atoms with E-state index in [1.807, 2.05) is 12.1 Å². The Balaban J connectivity index is 2.53. The molecule has 0 aliphatic carbocycles. The van der Waals surface area contributed by atoms with Crippen LogP contribution in [-0.4, -0.2) is 4.98 Å². The Labute approximate surface area is 86.0 Å². The second-order valence-electron chi connectivity index (χ2n) is 2.74. The molecule has 0 N–H and O–H groups in total.